The van der Waals surface area contributed by atoms with Crippen molar-refractivity contribution in [3.05, 3.63) is 50.3 Å². The Labute approximate surface area is 136 Å². The quantitative estimate of drug-likeness (QED) is 0.562. The molecule has 0 N–H and O–H groups in total. The van der Waals surface area contributed by atoms with Crippen molar-refractivity contribution in [3.63, 3.8) is 0 Å². The summed E-state index contributed by atoms with van der Waals surface area (Å²) in [6.45, 7) is 3.94. The Morgan fingerprint density at radius 2 is 2.20 bits per heavy atom. The van der Waals surface area contributed by atoms with Gasteiger partial charge in [-0.1, -0.05) is 23.7 Å². The van der Waals surface area contributed by atoms with Crippen LogP contribution in [0.15, 0.2) is 30.5 Å². The number of halogens is 2. The Hall–Kier alpha value is -1.14. The molecule has 2 aromatic rings. The van der Waals surface area contributed by atoms with Crippen molar-refractivity contribution in [1.82, 2.24) is 4.98 Å². The van der Waals surface area contributed by atoms with Crippen molar-refractivity contribution in [2.45, 2.75) is 13.8 Å². The zero-order valence-corrected chi connectivity index (χ0v) is 14.0. The molecule has 0 spiro atoms. The average Bonchev–Trinajstić information content (AvgIpc) is 2.39. The molecule has 0 saturated carbocycles. The molecule has 0 aliphatic rings. The molecule has 1 aromatic heterocycles. The Morgan fingerprint density at radius 1 is 1.45 bits per heavy atom. The number of esters is 1. The molecule has 0 bridgehead atoms. The predicted octanol–water partition coefficient (Wildman–Crippen LogP) is 4.49. The normalized spacial score (nSPS) is 10.4. The number of carbonyl (C=O) groups is 1. The highest BCUT2D eigenvalue weighted by molar-refractivity contribution is 14.1. The first-order valence-corrected chi connectivity index (χ1v) is 7.58. The van der Waals surface area contributed by atoms with Gasteiger partial charge in [0.05, 0.1) is 17.2 Å². The predicted molar refractivity (Wildman–Crippen MR) is 88.1 cm³/mol. The van der Waals surface area contributed by atoms with E-state index in [1.54, 1.807) is 6.92 Å². The van der Waals surface area contributed by atoms with E-state index in [0.717, 1.165) is 20.4 Å². The molecule has 104 valence electrons. The van der Waals surface area contributed by atoms with Crippen LogP contribution in [-0.2, 0) is 4.74 Å². The molecule has 0 fully saturated rings. The van der Waals surface area contributed by atoms with E-state index < -0.39 is 5.97 Å². The van der Waals surface area contributed by atoms with Gasteiger partial charge in [-0.25, -0.2) is 4.79 Å². The van der Waals surface area contributed by atoms with Gasteiger partial charge in [0.25, 0.3) is 0 Å². The number of ether oxygens (including phenoxy) is 1. The van der Waals surface area contributed by atoms with Crippen LogP contribution < -0.4 is 0 Å². The largest absolute Gasteiger partial charge is 0.462 e. The van der Waals surface area contributed by atoms with Crippen molar-refractivity contribution in [3.8, 4) is 11.1 Å². The van der Waals surface area contributed by atoms with Gasteiger partial charge in [-0.2, -0.15) is 0 Å². The van der Waals surface area contributed by atoms with Crippen molar-refractivity contribution in [2.24, 2.45) is 0 Å². The summed E-state index contributed by atoms with van der Waals surface area (Å²) in [4.78, 5) is 16.1. The van der Waals surface area contributed by atoms with Crippen molar-refractivity contribution >= 4 is 40.2 Å². The molecule has 3 nitrogen and oxygen atoms in total. The zero-order chi connectivity index (χ0) is 14.7. The van der Waals surface area contributed by atoms with E-state index in [-0.39, 0.29) is 0 Å². The second kappa shape index (κ2) is 6.54. The maximum Gasteiger partial charge on any atom is 0.341 e. The number of hydrogen-bond donors (Lipinski definition) is 0. The van der Waals surface area contributed by atoms with Crippen LogP contribution in [0.1, 0.15) is 23.0 Å². The number of rotatable bonds is 3. The number of nitrogens with zero attached hydrogens (tertiary/aromatic N) is 1. The lowest BCUT2D eigenvalue weighted by Crippen LogP contribution is -2.07. The first-order valence-electron chi connectivity index (χ1n) is 6.12. The van der Waals surface area contributed by atoms with Crippen LogP contribution in [-0.4, -0.2) is 17.6 Å². The summed E-state index contributed by atoms with van der Waals surface area (Å²) in [5.74, 6) is -0.447. The van der Waals surface area contributed by atoms with E-state index in [4.69, 9.17) is 16.3 Å². The number of pyridine rings is 1. The lowest BCUT2D eigenvalue weighted by Gasteiger charge is -2.12. The minimum atomic E-state index is -0.447. The van der Waals surface area contributed by atoms with Gasteiger partial charge in [0, 0.05) is 21.0 Å². The van der Waals surface area contributed by atoms with Gasteiger partial charge in [0.1, 0.15) is 0 Å². The minimum absolute atomic E-state index is 0.299. The van der Waals surface area contributed by atoms with E-state index in [1.807, 2.05) is 31.2 Å². The summed E-state index contributed by atoms with van der Waals surface area (Å²) in [7, 11) is 0. The van der Waals surface area contributed by atoms with E-state index in [0.29, 0.717) is 17.2 Å². The second-order valence-corrected chi connectivity index (χ2v) is 5.80. The SMILES string of the molecule is CCOC(=O)c1cnc(C)c(-c2cccc(I)c2)c1Cl. The van der Waals surface area contributed by atoms with Gasteiger partial charge in [-0.15, -0.1) is 0 Å². The fourth-order valence-corrected chi connectivity index (χ4v) is 2.82. The number of hydrogen-bond acceptors (Lipinski definition) is 3. The summed E-state index contributed by atoms with van der Waals surface area (Å²) in [5, 5.41) is 0.387. The Kier molecular flexibility index (Phi) is 4.99. The number of carbonyl (C=O) groups excluding carboxylic acids is 1. The van der Waals surface area contributed by atoms with Crippen LogP contribution in [0.25, 0.3) is 11.1 Å². The van der Waals surface area contributed by atoms with Gasteiger partial charge in [-0.3, -0.25) is 4.98 Å². The average molecular weight is 402 g/mol. The standard InChI is InChI=1S/C15H13ClINO2/c1-3-20-15(19)12-8-18-9(2)13(14(12)16)10-5-4-6-11(17)7-10/h4-8H,3H2,1-2H3. The fraction of sp³-hybridized carbons (Fsp3) is 0.200. The number of aryl methyl sites for hydroxylation is 1. The molecule has 0 aliphatic carbocycles. The molecular weight excluding hydrogens is 389 g/mol. The molecule has 0 unspecified atom stereocenters. The molecule has 1 heterocycles. The van der Waals surface area contributed by atoms with E-state index >= 15 is 0 Å². The summed E-state index contributed by atoms with van der Waals surface area (Å²) >= 11 is 8.62. The number of aromatic nitrogens is 1. The highest BCUT2D eigenvalue weighted by Crippen LogP contribution is 2.33. The summed E-state index contributed by atoms with van der Waals surface area (Å²) in [6, 6.07) is 7.90. The first kappa shape index (κ1) is 15.3. The molecule has 0 radical (unpaired) electrons. The monoisotopic (exact) mass is 401 g/mol. The zero-order valence-electron chi connectivity index (χ0n) is 11.1. The highest BCUT2D eigenvalue weighted by Gasteiger charge is 2.18. The summed E-state index contributed by atoms with van der Waals surface area (Å²) < 4.78 is 6.09. The second-order valence-electron chi connectivity index (χ2n) is 4.18. The fourth-order valence-electron chi connectivity index (χ4n) is 1.91. The van der Waals surface area contributed by atoms with Gasteiger partial charge < -0.3 is 4.74 Å². The molecule has 0 amide bonds. The van der Waals surface area contributed by atoms with Gasteiger partial charge in [0.2, 0.25) is 0 Å². The molecule has 0 atom stereocenters. The Balaban J connectivity index is 2.58. The summed E-state index contributed by atoms with van der Waals surface area (Å²) in [6.07, 6.45) is 1.47. The molecule has 0 aliphatic heterocycles. The van der Waals surface area contributed by atoms with Crippen LogP contribution in [0.5, 0.6) is 0 Å². The van der Waals surface area contributed by atoms with Crippen molar-refractivity contribution < 1.29 is 9.53 Å². The Bertz CT molecular complexity index is 658. The minimum Gasteiger partial charge on any atom is -0.462 e. The maximum atomic E-state index is 11.9. The molecule has 5 heteroatoms. The number of benzene rings is 1. The van der Waals surface area contributed by atoms with Gasteiger partial charge in [-0.05, 0) is 54.1 Å². The van der Waals surface area contributed by atoms with E-state index in [2.05, 4.69) is 27.6 Å². The molecule has 2 rings (SSSR count). The third kappa shape index (κ3) is 3.12. The van der Waals surface area contributed by atoms with Crippen LogP contribution in [0, 0.1) is 10.5 Å². The van der Waals surface area contributed by atoms with Crippen LogP contribution in [0.2, 0.25) is 5.02 Å². The van der Waals surface area contributed by atoms with E-state index in [9.17, 15) is 4.79 Å². The van der Waals surface area contributed by atoms with Gasteiger partial charge in [0.15, 0.2) is 0 Å². The first-order chi connectivity index (χ1) is 9.54. The topological polar surface area (TPSA) is 39.2 Å². The molecule has 0 saturated heterocycles. The van der Waals surface area contributed by atoms with Crippen molar-refractivity contribution in [2.75, 3.05) is 6.61 Å². The molecule has 20 heavy (non-hydrogen) atoms. The van der Waals surface area contributed by atoms with Gasteiger partial charge >= 0.3 is 5.97 Å². The highest BCUT2D eigenvalue weighted by atomic mass is 127. The Morgan fingerprint density at radius 3 is 2.85 bits per heavy atom. The smallest absolute Gasteiger partial charge is 0.341 e. The maximum absolute atomic E-state index is 11.9. The lowest BCUT2D eigenvalue weighted by molar-refractivity contribution is 0.0526. The third-order valence-corrected chi connectivity index (χ3v) is 3.88. The third-order valence-electron chi connectivity index (χ3n) is 2.81. The lowest BCUT2D eigenvalue weighted by atomic mass is 10.0. The molecule has 1 aromatic carbocycles. The van der Waals surface area contributed by atoms with Crippen molar-refractivity contribution in [1.29, 1.82) is 0 Å². The van der Waals surface area contributed by atoms with Crippen LogP contribution in [0.4, 0.5) is 0 Å². The van der Waals surface area contributed by atoms with Crippen LogP contribution in [0.3, 0.4) is 0 Å². The summed E-state index contributed by atoms with van der Waals surface area (Å²) in [5.41, 5.74) is 2.80. The molecular formula is C15H13ClINO2. The van der Waals surface area contributed by atoms with E-state index in [1.165, 1.54) is 6.20 Å². The van der Waals surface area contributed by atoms with Crippen LogP contribution >= 0.6 is 34.2 Å².